The highest BCUT2D eigenvalue weighted by atomic mass is 79.9. The fraction of sp³-hybridized carbons (Fsp3) is 0.111. The number of aromatic nitrogens is 2. The van der Waals surface area contributed by atoms with Crippen LogP contribution in [0.15, 0.2) is 34.0 Å². The summed E-state index contributed by atoms with van der Waals surface area (Å²) >= 11 is 4.89. The predicted molar refractivity (Wildman–Crippen MR) is 58.1 cm³/mol. The second-order valence-electron chi connectivity index (χ2n) is 2.76. The Bertz CT molecular complexity index is 418. The van der Waals surface area contributed by atoms with Crippen molar-refractivity contribution in [2.24, 2.45) is 0 Å². The van der Waals surface area contributed by atoms with Crippen molar-refractivity contribution in [1.29, 1.82) is 0 Å². The van der Waals surface area contributed by atoms with Crippen molar-refractivity contribution in [1.82, 2.24) is 9.97 Å². The fourth-order valence-corrected chi connectivity index (χ4v) is 2.31. The average molecular weight is 271 g/mol. The number of hydrogen-bond donors (Lipinski definition) is 1. The first-order valence-corrected chi connectivity index (χ1v) is 5.61. The van der Waals surface area contributed by atoms with Crippen LogP contribution in [0.25, 0.3) is 0 Å². The van der Waals surface area contributed by atoms with E-state index in [4.69, 9.17) is 0 Å². The minimum Gasteiger partial charge on any atom is -0.384 e. The van der Waals surface area contributed by atoms with Crippen molar-refractivity contribution in [2.75, 3.05) is 0 Å². The molecule has 1 atom stereocenters. The van der Waals surface area contributed by atoms with Crippen molar-refractivity contribution in [3.05, 3.63) is 45.1 Å². The molecule has 0 radical (unpaired) electrons. The maximum Gasteiger partial charge on any atom is 0.115 e. The van der Waals surface area contributed by atoms with Crippen LogP contribution < -0.4 is 0 Å². The summed E-state index contributed by atoms with van der Waals surface area (Å²) in [4.78, 5) is 7.72. The SMILES string of the molecule is OC(c1cncnc1)c1csc(Br)c1. The van der Waals surface area contributed by atoms with Gasteiger partial charge in [-0.2, -0.15) is 0 Å². The molecule has 0 saturated carbocycles. The van der Waals surface area contributed by atoms with E-state index in [2.05, 4.69) is 25.9 Å². The van der Waals surface area contributed by atoms with Gasteiger partial charge >= 0.3 is 0 Å². The van der Waals surface area contributed by atoms with Crippen LogP contribution in [0.2, 0.25) is 0 Å². The zero-order valence-corrected chi connectivity index (χ0v) is 9.49. The molecule has 0 aromatic carbocycles. The average Bonchev–Trinajstić information content (AvgIpc) is 2.65. The number of rotatable bonds is 2. The van der Waals surface area contributed by atoms with Crippen molar-refractivity contribution in [3.63, 3.8) is 0 Å². The molecule has 1 unspecified atom stereocenters. The lowest BCUT2D eigenvalue weighted by atomic mass is 10.1. The summed E-state index contributed by atoms with van der Waals surface area (Å²) in [5.74, 6) is 0. The number of aliphatic hydroxyl groups excluding tert-OH is 1. The van der Waals surface area contributed by atoms with Crippen LogP contribution in [0.3, 0.4) is 0 Å². The molecule has 5 heteroatoms. The van der Waals surface area contributed by atoms with Crippen LogP contribution in [0.5, 0.6) is 0 Å². The van der Waals surface area contributed by atoms with Gasteiger partial charge in [-0.1, -0.05) is 0 Å². The summed E-state index contributed by atoms with van der Waals surface area (Å²) in [6.07, 6.45) is 4.03. The first-order valence-electron chi connectivity index (χ1n) is 3.94. The molecule has 0 spiro atoms. The second kappa shape index (κ2) is 4.16. The molecular formula is C9H7BrN2OS. The van der Waals surface area contributed by atoms with Crippen LogP contribution in [-0.2, 0) is 0 Å². The lowest BCUT2D eigenvalue weighted by Crippen LogP contribution is -1.98. The minimum absolute atomic E-state index is 0.640. The van der Waals surface area contributed by atoms with Gasteiger partial charge in [-0.25, -0.2) is 9.97 Å². The molecule has 2 heterocycles. The monoisotopic (exact) mass is 270 g/mol. The Hall–Kier alpha value is -0.780. The largest absolute Gasteiger partial charge is 0.384 e. The van der Waals surface area contributed by atoms with E-state index in [0.29, 0.717) is 5.56 Å². The third kappa shape index (κ3) is 2.00. The Balaban J connectivity index is 2.29. The highest BCUT2D eigenvalue weighted by Crippen LogP contribution is 2.28. The van der Waals surface area contributed by atoms with E-state index < -0.39 is 6.10 Å². The Morgan fingerprint density at radius 1 is 1.29 bits per heavy atom. The van der Waals surface area contributed by atoms with Gasteiger partial charge in [0.25, 0.3) is 0 Å². The molecule has 2 aromatic rings. The van der Waals surface area contributed by atoms with Gasteiger partial charge in [0.05, 0.1) is 3.79 Å². The van der Waals surface area contributed by atoms with Crippen LogP contribution in [0.4, 0.5) is 0 Å². The van der Waals surface area contributed by atoms with E-state index in [1.807, 2.05) is 11.4 Å². The number of hydrogen-bond acceptors (Lipinski definition) is 4. The molecule has 3 nitrogen and oxygen atoms in total. The standard InChI is InChI=1S/C9H7BrN2OS/c10-8-1-6(4-14-8)9(13)7-2-11-5-12-3-7/h1-5,9,13H. The normalized spacial score (nSPS) is 12.7. The third-order valence-electron chi connectivity index (χ3n) is 1.80. The third-order valence-corrected chi connectivity index (χ3v) is 3.32. The summed E-state index contributed by atoms with van der Waals surface area (Å²) < 4.78 is 1.00. The molecule has 2 aromatic heterocycles. The maximum absolute atomic E-state index is 9.91. The molecule has 0 aliphatic rings. The van der Waals surface area contributed by atoms with Crippen molar-refractivity contribution in [2.45, 2.75) is 6.10 Å². The quantitative estimate of drug-likeness (QED) is 0.912. The van der Waals surface area contributed by atoms with Crippen molar-refractivity contribution >= 4 is 27.3 Å². The summed E-state index contributed by atoms with van der Waals surface area (Å²) in [6, 6.07) is 1.89. The van der Waals surface area contributed by atoms with E-state index in [1.54, 1.807) is 23.7 Å². The molecule has 0 saturated heterocycles. The number of aliphatic hydroxyl groups is 1. The predicted octanol–water partition coefficient (Wildman–Crippen LogP) is 2.38. The Labute approximate surface area is 93.6 Å². The van der Waals surface area contributed by atoms with E-state index >= 15 is 0 Å². The zero-order valence-electron chi connectivity index (χ0n) is 7.09. The van der Waals surface area contributed by atoms with Crippen LogP contribution in [-0.4, -0.2) is 15.1 Å². The molecule has 0 bridgehead atoms. The molecule has 72 valence electrons. The molecule has 0 aliphatic heterocycles. The molecule has 0 aliphatic carbocycles. The highest BCUT2D eigenvalue weighted by molar-refractivity contribution is 9.11. The van der Waals surface area contributed by atoms with Gasteiger partial charge < -0.3 is 5.11 Å². The zero-order chi connectivity index (χ0) is 9.97. The molecule has 1 N–H and O–H groups in total. The highest BCUT2D eigenvalue weighted by Gasteiger charge is 2.12. The molecule has 0 fully saturated rings. The summed E-state index contributed by atoms with van der Waals surface area (Å²) in [7, 11) is 0. The van der Waals surface area contributed by atoms with Crippen molar-refractivity contribution in [3.8, 4) is 0 Å². The van der Waals surface area contributed by atoms with Gasteiger partial charge in [0.1, 0.15) is 12.4 Å². The van der Waals surface area contributed by atoms with Gasteiger partial charge in [-0.15, -0.1) is 11.3 Å². The van der Waals surface area contributed by atoms with Gasteiger partial charge in [0, 0.05) is 18.0 Å². The lowest BCUT2D eigenvalue weighted by Gasteiger charge is -2.06. The maximum atomic E-state index is 9.91. The van der Waals surface area contributed by atoms with E-state index in [9.17, 15) is 5.11 Å². The van der Waals surface area contributed by atoms with Crippen LogP contribution in [0, 0.1) is 0 Å². The summed E-state index contributed by atoms with van der Waals surface area (Å²) in [6.45, 7) is 0. The Morgan fingerprint density at radius 3 is 2.57 bits per heavy atom. The summed E-state index contributed by atoms with van der Waals surface area (Å²) in [5.41, 5.74) is 1.56. The Morgan fingerprint density at radius 2 is 2.00 bits per heavy atom. The van der Waals surface area contributed by atoms with Gasteiger partial charge in [0.2, 0.25) is 0 Å². The topological polar surface area (TPSA) is 46.0 Å². The van der Waals surface area contributed by atoms with Crippen LogP contribution >= 0.6 is 27.3 Å². The first kappa shape index (κ1) is 9.76. The van der Waals surface area contributed by atoms with Gasteiger partial charge in [0.15, 0.2) is 0 Å². The van der Waals surface area contributed by atoms with E-state index in [-0.39, 0.29) is 0 Å². The number of thiophene rings is 1. The summed E-state index contributed by atoms with van der Waals surface area (Å²) in [5, 5.41) is 11.8. The lowest BCUT2D eigenvalue weighted by molar-refractivity contribution is 0.220. The number of nitrogens with zero attached hydrogens (tertiary/aromatic N) is 2. The molecule has 0 amide bonds. The molecular weight excluding hydrogens is 264 g/mol. The Kier molecular flexibility index (Phi) is 2.90. The minimum atomic E-state index is -0.640. The smallest absolute Gasteiger partial charge is 0.115 e. The van der Waals surface area contributed by atoms with Crippen LogP contribution in [0.1, 0.15) is 17.2 Å². The second-order valence-corrected chi connectivity index (χ2v) is 5.05. The fourth-order valence-electron chi connectivity index (χ4n) is 1.11. The van der Waals surface area contributed by atoms with E-state index in [1.165, 1.54) is 6.33 Å². The molecule has 14 heavy (non-hydrogen) atoms. The van der Waals surface area contributed by atoms with Gasteiger partial charge in [-0.05, 0) is 32.9 Å². The first-order chi connectivity index (χ1) is 6.77. The number of halogens is 1. The van der Waals surface area contributed by atoms with Crippen molar-refractivity contribution < 1.29 is 5.11 Å². The van der Waals surface area contributed by atoms with Gasteiger partial charge in [-0.3, -0.25) is 0 Å². The van der Waals surface area contributed by atoms with E-state index in [0.717, 1.165) is 9.35 Å². The molecule has 2 rings (SSSR count).